The zero-order chi connectivity index (χ0) is 18.0. The van der Waals surface area contributed by atoms with Gasteiger partial charge in [0.1, 0.15) is 17.3 Å². The van der Waals surface area contributed by atoms with Crippen molar-refractivity contribution in [3.05, 3.63) is 83.2 Å². The molecule has 0 aromatic heterocycles. The van der Waals surface area contributed by atoms with E-state index in [1.807, 2.05) is 38.1 Å². The van der Waals surface area contributed by atoms with Crippen molar-refractivity contribution in [3.63, 3.8) is 0 Å². The van der Waals surface area contributed by atoms with Crippen LogP contribution >= 0.6 is 0 Å². The molecule has 0 unspecified atom stereocenters. The SMILES string of the molecule is Cc1cc(-c2ccc(C(=O)Oc3ccc(F)cc3)cc2)cc(C)c1O. The van der Waals surface area contributed by atoms with Crippen molar-refractivity contribution in [1.82, 2.24) is 0 Å². The van der Waals surface area contributed by atoms with E-state index < -0.39 is 5.97 Å². The van der Waals surface area contributed by atoms with Gasteiger partial charge in [0.15, 0.2) is 0 Å². The third-order valence-electron chi connectivity index (χ3n) is 3.97. The number of benzene rings is 3. The summed E-state index contributed by atoms with van der Waals surface area (Å²) in [6, 6.07) is 16.1. The lowest BCUT2D eigenvalue weighted by molar-refractivity contribution is 0.0734. The Morgan fingerprint density at radius 3 is 2.00 bits per heavy atom. The summed E-state index contributed by atoms with van der Waals surface area (Å²) in [6.07, 6.45) is 0. The Balaban J connectivity index is 1.80. The molecular formula is C21H17FO3. The second kappa shape index (κ2) is 6.77. The van der Waals surface area contributed by atoms with Crippen LogP contribution in [0.2, 0.25) is 0 Å². The average Bonchev–Trinajstić information content (AvgIpc) is 2.61. The van der Waals surface area contributed by atoms with Gasteiger partial charge >= 0.3 is 5.97 Å². The van der Waals surface area contributed by atoms with Crippen molar-refractivity contribution in [1.29, 1.82) is 0 Å². The normalized spacial score (nSPS) is 10.5. The van der Waals surface area contributed by atoms with Gasteiger partial charge in [0.05, 0.1) is 5.56 Å². The molecule has 3 rings (SSSR count). The summed E-state index contributed by atoms with van der Waals surface area (Å²) < 4.78 is 18.1. The fourth-order valence-electron chi connectivity index (χ4n) is 2.59. The summed E-state index contributed by atoms with van der Waals surface area (Å²) in [5, 5.41) is 9.87. The number of esters is 1. The van der Waals surface area contributed by atoms with Crippen LogP contribution in [-0.4, -0.2) is 11.1 Å². The molecule has 0 heterocycles. The van der Waals surface area contributed by atoms with Crippen LogP contribution < -0.4 is 4.74 Å². The third-order valence-corrected chi connectivity index (χ3v) is 3.97. The number of aromatic hydroxyl groups is 1. The van der Waals surface area contributed by atoms with Crippen LogP contribution in [0.1, 0.15) is 21.5 Å². The number of hydrogen-bond acceptors (Lipinski definition) is 3. The lowest BCUT2D eigenvalue weighted by atomic mass is 9.99. The Kier molecular flexibility index (Phi) is 4.52. The second-order valence-corrected chi connectivity index (χ2v) is 5.88. The Morgan fingerprint density at radius 2 is 1.44 bits per heavy atom. The van der Waals surface area contributed by atoms with Gasteiger partial charge in [-0.25, -0.2) is 9.18 Å². The van der Waals surface area contributed by atoms with Crippen LogP contribution in [-0.2, 0) is 0 Å². The smallest absolute Gasteiger partial charge is 0.343 e. The minimum atomic E-state index is -0.503. The van der Waals surface area contributed by atoms with E-state index in [1.54, 1.807) is 12.1 Å². The van der Waals surface area contributed by atoms with E-state index in [2.05, 4.69) is 0 Å². The maximum atomic E-state index is 12.9. The highest BCUT2D eigenvalue weighted by Crippen LogP contribution is 2.29. The standard InChI is InChI=1S/C21H17FO3/c1-13-11-17(12-14(2)20(13)23)15-3-5-16(6-4-15)21(24)25-19-9-7-18(22)8-10-19/h3-12,23H,1-2H3. The van der Waals surface area contributed by atoms with Gasteiger partial charge in [-0.2, -0.15) is 0 Å². The Labute approximate surface area is 145 Å². The zero-order valence-electron chi connectivity index (χ0n) is 13.9. The maximum absolute atomic E-state index is 12.9. The minimum absolute atomic E-state index is 0.292. The molecule has 0 atom stereocenters. The van der Waals surface area contributed by atoms with Gasteiger partial charge in [0.2, 0.25) is 0 Å². The molecule has 0 aliphatic carbocycles. The van der Waals surface area contributed by atoms with Crippen molar-refractivity contribution in [2.45, 2.75) is 13.8 Å². The van der Waals surface area contributed by atoms with Gasteiger partial charge in [0, 0.05) is 0 Å². The number of carbonyl (C=O) groups is 1. The van der Waals surface area contributed by atoms with E-state index in [-0.39, 0.29) is 5.82 Å². The maximum Gasteiger partial charge on any atom is 0.343 e. The first kappa shape index (κ1) is 16.7. The molecule has 0 aliphatic rings. The monoisotopic (exact) mass is 336 g/mol. The van der Waals surface area contributed by atoms with Crippen molar-refractivity contribution in [3.8, 4) is 22.6 Å². The van der Waals surface area contributed by atoms with E-state index in [9.17, 15) is 14.3 Å². The topological polar surface area (TPSA) is 46.5 Å². The van der Waals surface area contributed by atoms with Gasteiger partial charge < -0.3 is 9.84 Å². The molecule has 0 saturated carbocycles. The average molecular weight is 336 g/mol. The largest absolute Gasteiger partial charge is 0.507 e. The fourth-order valence-corrected chi connectivity index (χ4v) is 2.59. The fraction of sp³-hybridized carbons (Fsp3) is 0.0952. The lowest BCUT2D eigenvalue weighted by Gasteiger charge is -2.09. The molecule has 0 bridgehead atoms. The van der Waals surface area contributed by atoms with Gasteiger partial charge in [0.25, 0.3) is 0 Å². The van der Waals surface area contributed by atoms with Crippen molar-refractivity contribution in [2.75, 3.05) is 0 Å². The van der Waals surface area contributed by atoms with Crippen molar-refractivity contribution >= 4 is 5.97 Å². The number of rotatable bonds is 3. The molecule has 0 fully saturated rings. The molecule has 0 saturated heterocycles. The number of aryl methyl sites for hydroxylation is 2. The number of carbonyl (C=O) groups excluding carboxylic acids is 1. The van der Waals surface area contributed by atoms with Crippen LogP contribution in [0.5, 0.6) is 11.5 Å². The number of halogens is 1. The van der Waals surface area contributed by atoms with Crippen molar-refractivity contribution in [2.24, 2.45) is 0 Å². The molecule has 126 valence electrons. The molecule has 3 nitrogen and oxygen atoms in total. The molecule has 3 aromatic rings. The van der Waals surface area contributed by atoms with Gasteiger partial charge in [-0.3, -0.25) is 0 Å². The summed E-state index contributed by atoms with van der Waals surface area (Å²) in [5.41, 5.74) is 3.90. The summed E-state index contributed by atoms with van der Waals surface area (Å²) in [6.45, 7) is 3.69. The zero-order valence-corrected chi connectivity index (χ0v) is 13.9. The lowest BCUT2D eigenvalue weighted by Crippen LogP contribution is -2.08. The molecule has 25 heavy (non-hydrogen) atoms. The van der Waals surface area contributed by atoms with Crippen LogP contribution in [0.15, 0.2) is 60.7 Å². The Bertz CT molecular complexity index is 890. The number of phenolic OH excluding ortho intramolecular Hbond substituents is 1. The summed E-state index contributed by atoms with van der Waals surface area (Å²) in [4.78, 5) is 12.2. The summed E-state index contributed by atoms with van der Waals surface area (Å²) >= 11 is 0. The number of ether oxygens (including phenoxy) is 1. The molecule has 0 radical (unpaired) electrons. The first-order valence-corrected chi connectivity index (χ1v) is 7.82. The highest BCUT2D eigenvalue weighted by Gasteiger charge is 2.10. The molecular weight excluding hydrogens is 319 g/mol. The van der Waals surface area contributed by atoms with Gasteiger partial charge in [-0.05, 0) is 84.6 Å². The number of phenols is 1. The predicted octanol–water partition coefficient (Wildman–Crippen LogP) is 5.03. The molecule has 0 spiro atoms. The van der Waals surface area contributed by atoms with Crippen LogP contribution in [0, 0.1) is 19.7 Å². The molecule has 4 heteroatoms. The first-order valence-electron chi connectivity index (χ1n) is 7.82. The van der Waals surface area contributed by atoms with E-state index in [0.717, 1.165) is 22.3 Å². The highest BCUT2D eigenvalue weighted by atomic mass is 19.1. The summed E-state index contributed by atoms with van der Waals surface area (Å²) in [7, 11) is 0. The van der Waals surface area contributed by atoms with E-state index in [0.29, 0.717) is 17.1 Å². The van der Waals surface area contributed by atoms with E-state index >= 15 is 0 Å². The molecule has 1 N–H and O–H groups in total. The molecule has 3 aromatic carbocycles. The van der Waals surface area contributed by atoms with Crippen molar-refractivity contribution < 1.29 is 19.0 Å². The third kappa shape index (κ3) is 3.69. The molecule has 0 aliphatic heterocycles. The first-order chi connectivity index (χ1) is 11.9. The minimum Gasteiger partial charge on any atom is -0.507 e. The quantitative estimate of drug-likeness (QED) is 0.539. The van der Waals surface area contributed by atoms with Crippen LogP contribution in [0.25, 0.3) is 11.1 Å². The molecule has 0 amide bonds. The highest BCUT2D eigenvalue weighted by molar-refractivity contribution is 5.91. The second-order valence-electron chi connectivity index (χ2n) is 5.88. The predicted molar refractivity (Wildman–Crippen MR) is 94.4 cm³/mol. The Hall–Kier alpha value is -3.14. The summed E-state index contributed by atoms with van der Waals surface area (Å²) in [5.74, 6) is -0.302. The number of hydrogen-bond donors (Lipinski definition) is 1. The van der Waals surface area contributed by atoms with Gasteiger partial charge in [-0.15, -0.1) is 0 Å². The van der Waals surface area contributed by atoms with E-state index in [4.69, 9.17) is 4.74 Å². The van der Waals surface area contributed by atoms with Crippen LogP contribution in [0.3, 0.4) is 0 Å². The van der Waals surface area contributed by atoms with Crippen LogP contribution in [0.4, 0.5) is 4.39 Å². The van der Waals surface area contributed by atoms with E-state index in [1.165, 1.54) is 24.3 Å². The van der Waals surface area contributed by atoms with Gasteiger partial charge in [-0.1, -0.05) is 12.1 Å². The Morgan fingerprint density at radius 1 is 0.880 bits per heavy atom.